The number of amides is 1. The minimum absolute atomic E-state index is 0. The molecule has 4 aromatic rings. The van der Waals surface area contributed by atoms with Crippen LogP contribution < -0.4 is 11.1 Å². The number of carbonyl (C=O) groups excluding carboxylic acids is 1. The number of halogens is 1. The summed E-state index contributed by atoms with van der Waals surface area (Å²) in [5, 5.41) is 11.9. The molecule has 8 nitrogen and oxygen atoms in total. The van der Waals surface area contributed by atoms with Crippen molar-refractivity contribution in [2.75, 3.05) is 0 Å². The van der Waals surface area contributed by atoms with Crippen LogP contribution in [0.25, 0.3) is 33.5 Å². The van der Waals surface area contributed by atoms with Crippen molar-refractivity contribution in [2.45, 2.75) is 18.5 Å². The molecule has 162 valence electrons. The summed E-state index contributed by atoms with van der Waals surface area (Å²) in [5.74, 6) is -0.906. The lowest BCUT2D eigenvalue weighted by atomic mass is 9.98. The van der Waals surface area contributed by atoms with Crippen LogP contribution >= 0.6 is 12.4 Å². The van der Waals surface area contributed by atoms with Gasteiger partial charge in [0.25, 0.3) is 0 Å². The van der Waals surface area contributed by atoms with Gasteiger partial charge in [0, 0.05) is 11.8 Å². The quantitative estimate of drug-likeness (QED) is 0.370. The molecular weight excluding hydrogens is 430 g/mol. The third-order valence-electron chi connectivity index (χ3n) is 5.51. The first-order chi connectivity index (χ1) is 15.0. The van der Waals surface area contributed by atoms with Crippen LogP contribution in [0.15, 0.2) is 60.9 Å². The maximum Gasteiger partial charge on any atom is 0.305 e. The first-order valence-corrected chi connectivity index (χ1v) is 9.83. The molecule has 2 aromatic carbocycles. The zero-order valence-corrected chi connectivity index (χ0v) is 17.6. The zero-order chi connectivity index (χ0) is 21.5. The normalized spacial score (nSPS) is 14.8. The van der Waals surface area contributed by atoms with E-state index in [4.69, 9.17) is 15.8 Å². The molecule has 0 saturated carbocycles. The molecule has 9 heteroatoms. The van der Waals surface area contributed by atoms with Crippen LogP contribution in [-0.4, -0.2) is 38.0 Å². The Morgan fingerprint density at radius 2 is 1.84 bits per heavy atom. The number of nitrogens with one attached hydrogen (secondary N) is 2. The number of carboxylic acid groups (broad SMARTS) is 1. The highest BCUT2D eigenvalue weighted by Crippen LogP contribution is 2.47. The highest BCUT2D eigenvalue weighted by molar-refractivity contribution is 5.93. The number of benzene rings is 2. The minimum Gasteiger partial charge on any atom is -0.481 e. The SMILES string of the molecule is Cl.N[C@@H](CC(=O)O)C(=O)NC1c2ccccc2-c2c(-c3nc4ccncc4[nH]3)cccc21. The molecule has 1 amide bonds. The van der Waals surface area contributed by atoms with Gasteiger partial charge in [-0.25, -0.2) is 4.98 Å². The van der Waals surface area contributed by atoms with Gasteiger partial charge in [0.2, 0.25) is 5.91 Å². The second-order valence-electron chi connectivity index (χ2n) is 7.48. The van der Waals surface area contributed by atoms with Crippen molar-refractivity contribution in [2.24, 2.45) is 5.73 Å². The van der Waals surface area contributed by atoms with Gasteiger partial charge >= 0.3 is 5.97 Å². The summed E-state index contributed by atoms with van der Waals surface area (Å²) in [4.78, 5) is 35.7. The van der Waals surface area contributed by atoms with E-state index in [1.165, 1.54) is 0 Å². The molecule has 2 atom stereocenters. The fourth-order valence-electron chi connectivity index (χ4n) is 4.12. The Bertz CT molecular complexity index is 1300. The van der Waals surface area contributed by atoms with E-state index in [1.807, 2.05) is 48.5 Å². The Balaban J connectivity index is 0.00000245. The molecular formula is C23H20ClN5O3. The average molecular weight is 450 g/mol. The van der Waals surface area contributed by atoms with Crippen molar-refractivity contribution < 1.29 is 14.7 Å². The number of H-pyrrole nitrogens is 1. The number of aromatic nitrogens is 3. The van der Waals surface area contributed by atoms with Crippen LogP contribution in [0.2, 0.25) is 0 Å². The van der Waals surface area contributed by atoms with Crippen LogP contribution in [0.1, 0.15) is 23.6 Å². The Hall–Kier alpha value is -3.75. The van der Waals surface area contributed by atoms with Gasteiger partial charge in [0.05, 0.1) is 35.7 Å². The molecule has 0 fully saturated rings. The van der Waals surface area contributed by atoms with Gasteiger partial charge < -0.3 is 21.1 Å². The van der Waals surface area contributed by atoms with E-state index < -0.39 is 30.4 Å². The molecule has 0 spiro atoms. The third-order valence-corrected chi connectivity index (χ3v) is 5.51. The summed E-state index contributed by atoms with van der Waals surface area (Å²) < 4.78 is 0. The van der Waals surface area contributed by atoms with E-state index in [1.54, 1.807) is 12.4 Å². The van der Waals surface area contributed by atoms with Gasteiger partial charge in [0.15, 0.2) is 0 Å². The van der Waals surface area contributed by atoms with Crippen molar-refractivity contribution in [3.8, 4) is 22.5 Å². The summed E-state index contributed by atoms with van der Waals surface area (Å²) in [5.41, 5.74) is 12.2. The standard InChI is InChI=1S/C23H19N5O3.ClH/c24-16(10-19(29)30)23(31)28-21-13-5-2-1-4-12(13)20-14(21)6-3-7-15(20)22-26-17-8-9-25-11-18(17)27-22;/h1-9,11,16,21H,10,24H2,(H,26,27)(H,28,31)(H,29,30);1H/t16-,21?;/m0./s1. The molecule has 0 radical (unpaired) electrons. The lowest BCUT2D eigenvalue weighted by molar-refractivity contribution is -0.139. The van der Waals surface area contributed by atoms with Crippen molar-refractivity contribution >= 4 is 35.3 Å². The van der Waals surface area contributed by atoms with Gasteiger partial charge in [-0.2, -0.15) is 0 Å². The number of pyridine rings is 1. The highest BCUT2D eigenvalue weighted by Gasteiger charge is 2.33. The lowest BCUT2D eigenvalue weighted by Crippen LogP contribution is -2.43. The number of hydrogen-bond donors (Lipinski definition) is 4. The van der Waals surface area contributed by atoms with Crippen molar-refractivity contribution in [1.82, 2.24) is 20.3 Å². The maximum atomic E-state index is 12.6. The Labute approximate surface area is 189 Å². The number of rotatable bonds is 5. The van der Waals surface area contributed by atoms with Gasteiger partial charge in [-0.05, 0) is 28.3 Å². The molecule has 5 rings (SSSR count). The van der Waals surface area contributed by atoms with Crippen LogP contribution in [-0.2, 0) is 9.59 Å². The van der Waals surface area contributed by atoms with E-state index in [2.05, 4.69) is 15.3 Å². The van der Waals surface area contributed by atoms with E-state index in [9.17, 15) is 9.59 Å². The molecule has 1 aliphatic rings. The summed E-state index contributed by atoms with van der Waals surface area (Å²) in [6.07, 6.45) is 3.00. The van der Waals surface area contributed by atoms with Crippen LogP contribution in [0.5, 0.6) is 0 Å². The van der Waals surface area contributed by atoms with E-state index in [0.717, 1.165) is 38.9 Å². The first-order valence-electron chi connectivity index (χ1n) is 9.83. The van der Waals surface area contributed by atoms with E-state index in [-0.39, 0.29) is 12.4 Å². The predicted octanol–water partition coefficient (Wildman–Crippen LogP) is 3.03. The summed E-state index contributed by atoms with van der Waals surface area (Å²) in [7, 11) is 0. The molecule has 0 saturated heterocycles. The average Bonchev–Trinajstić information content (AvgIpc) is 3.33. The first kappa shape index (κ1) is 21.5. The number of carboxylic acids is 1. The summed E-state index contributed by atoms with van der Waals surface area (Å²) >= 11 is 0. The summed E-state index contributed by atoms with van der Waals surface area (Å²) in [6.45, 7) is 0. The van der Waals surface area contributed by atoms with Crippen LogP contribution in [0, 0.1) is 0 Å². The van der Waals surface area contributed by atoms with Crippen LogP contribution in [0.3, 0.4) is 0 Å². The number of aromatic amines is 1. The molecule has 32 heavy (non-hydrogen) atoms. The minimum atomic E-state index is -1.13. The van der Waals surface area contributed by atoms with E-state index in [0.29, 0.717) is 5.82 Å². The topological polar surface area (TPSA) is 134 Å². The molecule has 1 aliphatic carbocycles. The Morgan fingerprint density at radius 3 is 2.62 bits per heavy atom. The fourth-order valence-corrected chi connectivity index (χ4v) is 4.12. The molecule has 2 aromatic heterocycles. The van der Waals surface area contributed by atoms with Gasteiger partial charge in [-0.15, -0.1) is 12.4 Å². The van der Waals surface area contributed by atoms with Crippen LogP contribution in [0.4, 0.5) is 0 Å². The second kappa shape index (κ2) is 8.41. The van der Waals surface area contributed by atoms with Crippen molar-refractivity contribution in [3.63, 3.8) is 0 Å². The maximum absolute atomic E-state index is 12.6. The Kier molecular flexibility index (Phi) is 5.65. The molecule has 5 N–H and O–H groups in total. The number of carbonyl (C=O) groups is 2. The van der Waals surface area contributed by atoms with Gasteiger partial charge in [-0.3, -0.25) is 14.6 Å². The lowest BCUT2D eigenvalue weighted by Gasteiger charge is -2.18. The number of nitrogens with two attached hydrogens (primary N) is 1. The smallest absolute Gasteiger partial charge is 0.305 e. The van der Waals surface area contributed by atoms with Crippen molar-refractivity contribution in [3.05, 3.63) is 72.1 Å². The van der Waals surface area contributed by atoms with Gasteiger partial charge in [-0.1, -0.05) is 42.5 Å². The monoisotopic (exact) mass is 449 g/mol. The highest BCUT2D eigenvalue weighted by atomic mass is 35.5. The number of hydrogen-bond acceptors (Lipinski definition) is 5. The second-order valence-corrected chi connectivity index (χ2v) is 7.48. The zero-order valence-electron chi connectivity index (χ0n) is 16.8. The number of nitrogens with zero attached hydrogens (tertiary/aromatic N) is 2. The third kappa shape index (κ3) is 3.59. The fraction of sp³-hybridized carbons (Fsp3) is 0.130. The predicted molar refractivity (Wildman–Crippen MR) is 122 cm³/mol. The molecule has 0 bridgehead atoms. The Morgan fingerprint density at radius 1 is 1.09 bits per heavy atom. The molecule has 1 unspecified atom stereocenters. The molecule has 2 heterocycles. The molecule has 0 aliphatic heterocycles. The number of fused-ring (bicyclic) bond motifs is 4. The van der Waals surface area contributed by atoms with Gasteiger partial charge in [0.1, 0.15) is 5.82 Å². The summed E-state index contributed by atoms with van der Waals surface area (Å²) in [6, 6.07) is 14.0. The number of imidazole rings is 1. The van der Waals surface area contributed by atoms with E-state index >= 15 is 0 Å². The number of aliphatic carboxylic acids is 1. The van der Waals surface area contributed by atoms with Crippen molar-refractivity contribution in [1.29, 1.82) is 0 Å². The largest absolute Gasteiger partial charge is 0.481 e.